The molecule has 1 fully saturated rings. The maximum absolute atomic E-state index is 12.7. The number of anilines is 1. The van der Waals surface area contributed by atoms with Crippen molar-refractivity contribution in [1.82, 2.24) is 0 Å². The Kier molecular flexibility index (Phi) is 5.82. The average molecular weight is 312 g/mol. The molecule has 0 radical (unpaired) electrons. The van der Waals surface area contributed by atoms with Crippen LogP contribution in [0.1, 0.15) is 38.0 Å². The van der Waals surface area contributed by atoms with Gasteiger partial charge in [0.2, 0.25) is 0 Å². The van der Waals surface area contributed by atoms with E-state index in [1.165, 1.54) is 18.5 Å². The number of nitrogens with two attached hydrogens (primary N) is 1. The van der Waals surface area contributed by atoms with E-state index in [2.05, 4.69) is 4.90 Å². The molecular weight excluding hydrogens is 287 g/mol. The minimum absolute atomic E-state index is 0.316. The Balaban J connectivity index is 2.14. The van der Waals surface area contributed by atoms with Crippen LogP contribution in [0.2, 0.25) is 0 Å². The third kappa shape index (κ3) is 3.86. The summed E-state index contributed by atoms with van der Waals surface area (Å²) >= 11 is 0. The molecule has 1 aliphatic rings. The minimum Gasteiger partial charge on any atom is -0.372 e. The number of benzene rings is 1. The molecule has 0 spiro atoms. The van der Waals surface area contributed by atoms with Crippen molar-refractivity contribution in [3.8, 4) is 0 Å². The first-order valence-electron chi connectivity index (χ1n) is 7.60. The van der Waals surface area contributed by atoms with Crippen LogP contribution in [-0.2, 0) is 13.6 Å². The Bertz CT molecular complexity index is 476. The van der Waals surface area contributed by atoms with E-state index in [9.17, 15) is 4.57 Å². The van der Waals surface area contributed by atoms with E-state index in [1.807, 2.05) is 24.3 Å². The summed E-state index contributed by atoms with van der Waals surface area (Å²) in [6.07, 6.45) is 2.48. The van der Waals surface area contributed by atoms with E-state index in [-0.39, 0.29) is 0 Å². The highest BCUT2D eigenvalue weighted by Gasteiger charge is 2.33. The lowest BCUT2D eigenvalue weighted by molar-refractivity contribution is 0.212. The maximum atomic E-state index is 12.7. The molecule has 6 heteroatoms. The Hall–Kier alpha value is -0.870. The fourth-order valence-electron chi connectivity index (χ4n) is 2.60. The van der Waals surface area contributed by atoms with Gasteiger partial charge in [-0.25, -0.2) is 0 Å². The van der Waals surface area contributed by atoms with E-state index in [1.54, 1.807) is 13.8 Å². The van der Waals surface area contributed by atoms with Gasteiger partial charge >= 0.3 is 7.60 Å². The molecule has 21 heavy (non-hydrogen) atoms. The monoisotopic (exact) mass is 312 g/mol. The first-order chi connectivity index (χ1) is 10.1. The predicted molar refractivity (Wildman–Crippen MR) is 85.7 cm³/mol. The van der Waals surface area contributed by atoms with Gasteiger partial charge in [-0.2, -0.15) is 0 Å². The Labute approximate surface area is 126 Å². The Morgan fingerprint density at radius 1 is 1.14 bits per heavy atom. The molecule has 1 aromatic rings. The van der Waals surface area contributed by atoms with E-state index >= 15 is 0 Å². The lowest BCUT2D eigenvalue weighted by atomic mass is 10.2. The number of hydrogen-bond donors (Lipinski definition) is 1. The Morgan fingerprint density at radius 2 is 1.67 bits per heavy atom. The van der Waals surface area contributed by atoms with Crippen LogP contribution in [-0.4, -0.2) is 26.3 Å². The molecule has 118 valence electrons. The van der Waals surface area contributed by atoms with Crippen LogP contribution in [0.3, 0.4) is 0 Å². The number of hydrogen-bond acceptors (Lipinski definition) is 5. The third-order valence-electron chi connectivity index (χ3n) is 3.66. The van der Waals surface area contributed by atoms with Gasteiger partial charge in [0.25, 0.3) is 0 Å². The van der Waals surface area contributed by atoms with Crippen molar-refractivity contribution in [3.05, 3.63) is 29.8 Å². The van der Waals surface area contributed by atoms with Crippen LogP contribution >= 0.6 is 7.60 Å². The minimum atomic E-state index is -3.31. The molecule has 0 aromatic heterocycles. The summed E-state index contributed by atoms with van der Waals surface area (Å²) in [6, 6.07) is 7.90. The van der Waals surface area contributed by atoms with Gasteiger partial charge in [0.15, 0.2) is 0 Å². The van der Waals surface area contributed by atoms with E-state index in [4.69, 9.17) is 14.8 Å². The number of rotatable bonds is 7. The lowest BCUT2D eigenvalue weighted by Crippen LogP contribution is -2.18. The smallest absolute Gasteiger partial charge is 0.351 e. The fraction of sp³-hybridized carbons (Fsp3) is 0.600. The molecular formula is C15H25N2O3P. The SMILES string of the molecule is CCOP(=O)(OCC)[C@@H](N)c1ccc(N2CCCC2)cc1. The van der Waals surface area contributed by atoms with Crippen molar-refractivity contribution in [3.63, 3.8) is 0 Å². The molecule has 5 nitrogen and oxygen atoms in total. The fourth-order valence-corrected chi connectivity index (χ4v) is 4.25. The molecule has 2 N–H and O–H groups in total. The van der Waals surface area contributed by atoms with E-state index in [0.29, 0.717) is 13.2 Å². The zero-order valence-electron chi connectivity index (χ0n) is 12.8. The summed E-state index contributed by atoms with van der Waals surface area (Å²) in [6.45, 7) is 6.40. The van der Waals surface area contributed by atoms with Gasteiger partial charge in [-0.1, -0.05) is 12.1 Å². The highest BCUT2D eigenvalue weighted by Crippen LogP contribution is 2.58. The first kappa shape index (κ1) is 16.5. The summed E-state index contributed by atoms with van der Waals surface area (Å²) in [5, 5.41) is 0. The van der Waals surface area contributed by atoms with Crippen LogP contribution in [0.4, 0.5) is 5.69 Å². The molecule has 0 unspecified atom stereocenters. The second-order valence-electron chi connectivity index (χ2n) is 5.11. The quantitative estimate of drug-likeness (QED) is 0.781. The summed E-state index contributed by atoms with van der Waals surface area (Å²) in [5.41, 5.74) is 8.09. The zero-order chi connectivity index (χ0) is 15.3. The Morgan fingerprint density at radius 3 is 2.14 bits per heavy atom. The molecule has 2 rings (SSSR count). The second-order valence-corrected chi connectivity index (χ2v) is 7.26. The molecule has 1 saturated heterocycles. The zero-order valence-corrected chi connectivity index (χ0v) is 13.7. The molecule has 0 bridgehead atoms. The summed E-state index contributed by atoms with van der Waals surface area (Å²) in [7, 11) is -3.31. The van der Waals surface area contributed by atoms with Crippen molar-refractivity contribution >= 4 is 13.3 Å². The normalized spacial score (nSPS) is 17.2. The van der Waals surface area contributed by atoms with Gasteiger partial charge in [0.1, 0.15) is 5.78 Å². The summed E-state index contributed by atoms with van der Waals surface area (Å²) in [5.74, 6) is -0.745. The summed E-state index contributed by atoms with van der Waals surface area (Å²) < 4.78 is 23.3. The van der Waals surface area contributed by atoms with Crippen molar-refractivity contribution in [1.29, 1.82) is 0 Å². The topological polar surface area (TPSA) is 64.8 Å². The molecule has 0 amide bonds. The largest absolute Gasteiger partial charge is 0.372 e. The molecule has 0 saturated carbocycles. The van der Waals surface area contributed by atoms with Crippen molar-refractivity contribution < 1.29 is 13.6 Å². The molecule has 1 atom stereocenters. The van der Waals surface area contributed by atoms with Crippen molar-refractivity contribution in [2.45, 2.75) is 32.5 Å². The van der Waals surface area contributed by atoms with Crippen LogP contribution in [0.15, 0.2) is 24.3 Å². The second kappa shape index (κ2) is 7.41. The molecule has 1 heterocycles. The lowest BCUT2D eigenvalue weighted by Gasteiger charge is -2.24. The molecule has 1 aliphatic heterocycles. The van der Waals surface area contributed by atoms with Crippen LogP contribution in [0.5, 0.6) is 0 Å². The van der Waals surface area contributed by atoms with Gasteiger partial charge in [0.05, 0.1) is 13.2 Å². The molecule has 0 aliphatic carbocycles. The van der Waals surface area contributed by atoms with Gasteiger partial charge in [-0.05, 0) is 44.4 Å². The van der Waals surface area contributed by atoms with Gasteiger partial charge in [0, 0.05) is 18.8 Å². The van der Waals surface area contributed by atoms with E-state index < -0.39 is 13.4 Å². The third-order valence-corrected chi connectivity index (χ3v) is 5.88. The van der Waals surface area contributed by atoms with Gasteiger partial charge in [-0.3, -0.25) is 4.57 Å². The first-order valence-corrected chi connectivity index (χ1v) is 9.21. The highest BCUT2D eigenvalue weighted by molar-refractivity contribution is 7.54. The van der Waals surface area contributed by atoms with Crippen molar-refractivity contribution in [2.75, 3.05) is 31.2 Å². The van der Waals surface area contributed by atoms with Crippen LogP contribution < -0.4 is 10.6 Å². The summed E-state index contributed by atoms with van der Waals surface area (Å²) in [4.78, 5) is 2.35. The van der Waals surface area contributed by atoms with Crippen LogP contribution in [0, 0.1) is 0 Å². The highest BCUT2D eigenvalue weighted by atomic mass is 31.2. The predicted octanol–water partition coefficient (Wildman–Crippen LogP) is 3.51. The number of nitrogens with zero attached hydrogens (tertiary/aromatic N) is 1. The van der Waals surface area contributed by atoms with Gasteiger partial charge in [-0.15, -0.1) is 0 Å². The van der Waals surface area contributed by atoms with E-state index in [0.717, 1.165) is 18.7 Å². The standard InChI is InChI=1S/C15H25N2O3P/c1-3-19-21(18,20-4-2)15(16)13-7-9-14(10-8-13)17-11-5-6-12-17/h7-10,15H,3-6,11-12,16H2,1-2H3/t15-/m1/s1. The van der Waals surface area contributed by atoms with Crippen molar-refractivity contribution in [2.24, 2.45) is 5.73 Å². The van der Waals surface area contributed by atoms with Gasteiger partial charge < -0.3 is 19.7 Å². The molecule has 1 aromatic carbocycles. The average Bonchev–Trinajstić information content (AvgIpc) is 3.01. The maximum Gasteiger partial charge on any atom is 0.351 e. The van der Waals surface area contributed by atoms with Crippen LogP contribution in [0.25, 0.3) is 0 Å².